The monoisotopic (exact) mass is 246 g/mol. The van der Waals surface area contributed by atoms with E-state index in [1.807, 2.05) is 39.0 Å². The lowest BCUT2D eigenvalue weighted by Crippen LogP contribution is -2.19. The fraction of sp³-hybridized carbons (Fsp3) is 0.467. The lowest BCUT2D eigenvalue weighted by atomic mass is 10.1. The van der Waals surface area contributed by atoms with Gasteiger partial charge in [-0.1, -0.05) is 19.9 Å². The number of benzene rings is 1. The van der Waals surface area contributed by atoms with Crippen molar-refractivity contribution in [2.75, 3.05) is 0 Å². The number of hydrazone groups is 1. The van der Waals surface area contributed by atoms with Crippen LogP contribution in [0, 0.1) is 19.8 Å². The molecule has 0 saturated heterocycles. The van der Waals surface area contributed by atoms with Crippen LogP contribution in [0.3, 0.4) is 0 Å². The van der Waals surface area contributed by atoms with Crippen LogP contribution in [-0.4, -0.2) is 11.6 Å². The third-order valence-corrected chi connectivity index (χ3v) is 2.82. The summed E-state index contributed by atoms with van der Waals surface area (Å²) in [6, 6.07) is 5.66. The smallest absolute Gasteiger partial charge is 0.267 e. The minimum atomic E-state index is -0.152. The summed E-state index contributed by atoms with van der Waals surface area (Å²) in [5, 5.41) is 4.11. The minimum absolute atomic E-state index is 0.152. The van der Waals surface area contributed by atoms with E-state index in [1.165, 1.54) is 5.56 Å². The van der Waals surface area contributed by atoms with Gasteiger partial charge in [0.05, 0.1) is 0 Å². The number of carbonyl (C=O) groups excluding carboxylic acids is 1. The highest BCUT2D eigenvalue weighted by Crippen LogP contribution is 2.09. The minimum Gasteiger partial charge on any atom is -0.267 e. The molecule has 1 N–H and O–H groups in total. The molecule has 1 aromatic carbocycles. The zero-order valence-electron chi connectivity index (χ0n) is 11.9. The highest BCUT2D eigenvalue weighted by molar-refractivity contribution is 5.95. The number of carbonyl (C=O) groups is 1. The summed E-state index contributed by atoms with van der Waals surface area (Å²) in [6.07, 6.45) is 0.896. The van der Waals surface area contributed by atoms with Gasteiger partial charge in [-0.05, 0) is 56.4 Å². The number of nitrogens with one attached hydrogen (secondary N) is 1. The second-order valence-electron chi connectivity index (χ2n) is 5.19. The lowest BCUT2D eigenvalue weighted by Gasteiger charge is -2.06. The molecular formula is C15H22N2O. The third kappa shape index (κ3) is 4.32. The molecule has 0 bridgehead atoms. The standard InChI is InChI=1S/C15H22N2O/c1-10(2)8-13(5)16-17-15(18)14-7-6-11(3)12(4)9-14/h6-7,9-10H,8H2,1-5H3,(H,17,18)/b16-13+. The van der Waals surface area contributed by atoms with Crippen LogP contribution in [0.5, 0.6) is 0 Å². The summed E-state index contributed by atoms with van der Waals surface area (Å²) in [6.45, 7) is 10.2. The van der Waals surface area contributed by atoms with Gasteiger partial charge in [-0.15, -0.1) is 0 Å². The van der Waals surface area contributed by atoms with Crippen LogP contribution >= 0.6 is 0 Å². The van der Waals surface area contributed by atoms with E-state index in [0.29, 0.717) is 11.5 Å². The summed E-state index contributed by atoms with van der Waals surface area (Å²) >= 11 is 0. The van der Waals surface area contributed by atoms with Crippen molar-refractivity contribution in [1.29, 1.82) is 0 Å². The molecule has 0 saturated carbocycles. The highest BCUT2D eigenvalue weighted by atomic mass is 16.2. The highest BCUT2D eigenvalue weighted by Gasteiger charge is 2.06. The van der Waals surface area contributed by atoms with Crippen LogP contribution in [0.25, 0.3) is 0 Å². The summed E-state index contributed by atoms with van der Waals surface area (Å²) in [5.74, 6) is 0.397. The molecule has 0 aliphatic rings. The van der Waals surface area contributed by atoms with Gasteiger partial charge in [0.15, 0.2) is 0 Å². The first-order chi connectivity index (χ1) is 8.40. The van der Waals surface area contributed by atoms with E-state index < -0.39 is 0 Å². The number of nitrogens with zero attached hydrogens (tertiary/aromatic N) is 1. The first-order valence-corrected chi connectivity index (χ1v) is 6.31. The Bertz CT molecular complexity index is 462. The maximum atomic E-state index is 11.9. The lowest BCUT2D eigenvalue weighted by molar-refractivity contribution is 0.0954. The quantitative estimate of drug-likeness (QED) is 0.641. The number of hydrogen-bond acceptors (Lipinski definition) is 2. The van der Waals surface area contributed by atoms with Crippen LogP contribution in [0.15, 0.2) is 23.3 Å². The first kappa shape index (κ1) is 14.4. The Morgan fingerprint density at radius 1 is 1.28 bits per heavy atom. The molecule has 0 radical (unpaired) electrons. The van der Waals surface area contributed by atoms with E-state index in [2.05, 4.69) is 24.4 Å². The normalized spacial score (nSPS) is 11.8. The van der Waals surface area contributed by atoms with E-state index in [1.54, 1.807) is 0 Å². The second kappa shape index (κ2) is 6.34. The van der Waals surface area contributed by atoms with Gasteiger partial charge < -0.3 is 0 Å². The molecule has 98 valence electrons. The fourth-order valence-electron chi connectivity index (χ4n) is 1.73. The predicted octanol–water partition coefficient (Wildman–Crippen LogP) is 3.46. The van der Waals surface area contributed by atoms with Gasteiger partial charge in [0.2, 0.25) is 0 Å². The van der Waals surface area contributed by atoms with Gasteiger partial charge in [-0.3, -0.25) is 4.79 Å². The Morgan fingerprint density at radius 3 is 2.50 bits per heavy atom. The van der Waals surface area contributed by atoms with E-state index in [4.69, 9.17) is 0 Å². The van der Waals surface area contributed by atoms with Gasteiger partial charge >= 0.3 is 0 Å². The molecule has 0 unspecified atom stereocenters. The van der Waals surface area contributed by atoms with Crippen LogP contribution in [0.1, 0.15) is 48.7 Å². The Balaban J connectivity index is 2.68. The van der Waals surface area contributed by atoms with Crippen LogP contribution in [0.2, 0.25) is 0 Å². The summed E-state index contributed by atoms with van der Waals surface area (Å²) in [7, 11) is 0. The largest absolute Gasteiger partial charge is 0.271 e. The van der Waals surface area contributed by atoms with Gasteiger partial charge in [-0.25, -0.2) is 5.43 Å². The molecule has 1 amide bonds. The van der Waals surface area contributed by atoms with Crippen molar-refractivity contribution in [3.05, 3.63) is 34.9 Å². The van der Waals surface area contributed by atoms with E-state index in [0.717, 1.165) is 17.7 Å². The molecule has 0 aliphatic heterocycles. The Morgan fingerprint density at radius 2 is 1.94 bits per heavy atom. The van der Waals surface area contributed by atoms with Crippen molar-refractivity contribution >= 4 is 11.6 Å². The number of amides is 1. The Labute approximate surface area is 109 Å². The van der Waals surface area contributed by atoms with Crippen LogP contribution in [-0.2, 0) is 0 Å². The molecule has 0 aromatic heterocycles. The Kier molecular flexibility index (Phi) is 5.08. The summed E-state index contributed by atoms with van der Waals surface area (Å²) < 4.78 is 0. The van der Waals surface area contributed by atoms with Crippen molar-refractivity contribution < 1.29 is 4.79 Å². The zero-order valence-corrected chi connectivity index (χ0v) is 11.9. The van der Waals surface area contributed by atoms with Crippen molar-refractivity contribution in [3.63, 3.8) is 0 Å². The van der Waals surface area contributed by atoms with Gasteiger partial charge in [0.1, 0.15) is 0 Å². The molecule has 1 aromatic rings. The van der Waals surface area contributed by atoms with Crippen molar-refractivity contribution in [3.8, 4) is 0 Å². The number of rotatable bonds is 4. The van der Waals surface area contributed by atoms with Crippen LogP contribution < -0.4 is 5.43 Å². The van der Waals surface area contributed by atoms with Gasteiger partial charge in [0, 0.05) is 11.3 Å². The maximum Gasteiger partial charge on any atom is 0.271 e. The zero-order chi connectivity index (χ0) is 13.7. The molecule has 18 heavy (non-hydrogen) atoms. The van der Waals surface area contributed by atoms with Gasteiger partial charge in [-0.2, -0.15) is 5.10 Å². The number of aryl methyl sites for hydroxylation is 2. The molecule has 3 heteroatoms. The van der Waals surface area contributed by atoms with Crippen molar-refractivity contribution in [2.24, 2.45) is 11.0 Å². The maximum absolute atomic E-state index is 11.9. The molecule has 1 rings (SSSR count). The molecule has 0 fully saturated rings. The second-order valence-corrected chi connectivity index (χ2v) is 5.19. The SMILES string of the molecule is C/C(CC(C)C)=N\NC(=O)c1ccc(C)c(C)c1. The summed E-state index contributed by atoms with van der Waals surface area (Å²) in [5.41, 5.74) is 6.50. The van der Waals surface area contributed by atoms with E-state index >= 15 is 0 Å². The average molecular weight is 246 g/mol. The first-order valence-electron chi connectivity index (χ1n) is 6.31. The van der Waals surface area contributed by atoms with E-state index in [9.17, 15) is 4.79 Å². The average Bonchev–Trinajstić information content (AvgIpc) is 2.28. The summed E-state index contributed by atoms with van der Waals surface area (Å²) in [4.78, 5) is 11.9. The predicted molar refractivity (Wildman–Crippen MR) is 75.9 cm³/mol. The molecular weight excluding hydrogens is 224 g/mol. The van der Waals surface area contributed by atoms with E-state index in [-0.39, 0.29) is 5.91 Å². The number of hydrogen-bond donors (Lipinski definition) is 1. The molecule has 0 aliphatic carbocycles. The molecule has 0 spiro atoms. The Hall–Kier alpha value is -1.64. The molecule has 0 heterocycles. The van der Waals surface area contributed by atoms with Gasteiger partial charge in [0.25, 0.3) is 5.91 Å². The van der Waals surface area contributed by atoms with Crippen LogP contribution in [0.4, 0.5) is 0 Å². The molecule has 0 atom stereocenters. The fourth-order valence-corrected chi connectivity index (χ4v) is 1.73. The third-order valence-electron chi connectivity index (χ3n) is 2.82. The van der Waals surface area contributed by atoms with Crippen molar-refractivity contribution in [1.82, 2.24) is 5.43 Å². The molecule has 3 nitrogen and oxygen atoms in total. The van der Waals surface area contributed by atoms with Crippen molar-refractivity contribution in [2.45, 2.75) is 41.0 Å². The topological polar surface area (TPSA) is 41.5 Å².